The van der Waals surface area contributed by atoms with Crippen molar-refractivity contribution >= 4 is 11.9 Å². The number of carbonyl (C=O) groups is 2. The minimum absolute atomic E-state index is 0.00386. The van der Waals surface area contributed by atoms with Crippen LogP contribution in [0.4, 0.5) is 4.39 Å². The summed E-state index contributed by atoms with van der Waals surface area (Å²) in [6.45, 7) is 4.66. The molecule has 3 rings (SSSR count). The zero-order valence-electron chi connectivity index (χ0n) is 15.7. The van der Waals surface area contributed by atoms with Crippen molar-refractivity contribution in [2.75, 3.05) is 6.54 Å². The summed E-state index contributed by atoms with van der Waals surface area (Å²) in [6.07, 6.45) is 3.89. The molecule has 148 valence electrons. The van der Waals surface area contributed by atoms with Gasteiger partial charge in [-0.2, -0.15) is 0 Å². The molecule has 6 nitrogen and oxygen atoms in total. The van der Waals surface area contributed by atoms with Crippen LogP contribution in [-0.4, -0.2) is 45.6 Å². The minimum Gasteiger partial charge on any atom is -0.505 e. The molecule has 1 aliphatic heterocycles. The largest absolute Gasteiger partial charge is 0.505 e. The fourth-order valence-corrected chi connectivity index (χ4v) is 4.34. The topological polar surface area (TPSA) is 89.9 Å². The predicted molar refractivity (Wildman–Crippen MR) is 97.9 cm³/mol. The van der Waals surface area contributed by atoms with Crippen LogP contribution in [0.5, 0.6) is 5.75 Å². The Hall–Kier alpha value is -2.15. The number of amides is 1. The highest BCUT2D eigenvalue weighted by Gasteiger charge is 2.34. The molecule has 27 heavy (non-hydrogen) atoms. The van der Waals surface area contributed by atoms with E-state index in [0.717, 1.165) is 25.7 Å². The highest BCUT2D eigenvalue weighted by atomic mass is 19.1. The molecule has 7 heteroatoms. The van der Waals surface area contributed by atoms with Gasteiger partial charge in [-0.1, -0.05) is 6.07 Å². The molecule has 0 saturated heterocycles. The molecule has 2 atom stereocenters. The molecule has 1 aromatic rings. The third-order valence-corrected chi connectivity index (χ3v) is 6.03. The second-order valence-electron chi connectivity index (χ2n) is 7.91. The van der Waals surface area contributed by atoms with Gasteiger partial charge in [-0.05, 0) is 63.0 Å². The van der Waals surface area contributed by atoms with Crippen molar-refractivity contribution in [2.45, 2.75) is 58.2 Å². The maximum atomic E-state index is 14.1. The van der Waals surface area contributed by atoms with Gasteiger partial charge in [0.15, 0.2) is 11.6 Å². The molecule has 0 bridgehead atoms. The number of carboxylic acid groups (broad SMARTS) is 1. The fourth-order valence-electron chi connectivity index (χ4n) is 4.34. The molecule has 0 radical (unpaired) electrons. The summed E-state index contributed by atoms with van der Waals surface area (Å²) in [5.41, 5.74) is 0.633. The second-order valence-corrected chi connectivity index (χ2v) is 7.91. The van der Waals surface area contributed by atoms with Crippen LogP contribution >= 0.6 is 0 Å². The summed E-state index contributed by atoms with van der Waals surface area (Å²) < 4.78 is 14.1. The van der Waals surface area contributed by atoms with Crippen LogP contribution in [0.1, 0.15) is 55.5 Å². The Kier molecular flexibility index (Phi) is 5.69. The van der Waals surface area contributed by atoms with Gasteiger partial charge in [0.2, 0.25) is 0 Å². The highest BCUT2D eigenvalue weighted by molar-refractivity contribution is 5.99. The van der Waals surface area contributed by atoms with Gasteiger partial charge in [0.05, 0.1) is 5.56 Å². The first-order valence-corrected chi connectivity index (χ1v) is 9.56. The van der Waals surface area contributed by atoms with Gasteiger partial charge in [-0.15, -0.1) is 0 Å². The number of aromatic hydroxyl groups is 1. The molecular formula is C20H27FN2O4. The van der Waals surface area contributed by atoms with Crippen molar-refractivity contribution in [3.8, 4) is 5.75 Å². The van der Waals surface area contributed by atoms with Gasteiger partial charge in [0, 0.05) is 19.1 Å². The SMILES string of the molecule is CC(NC(C)C1CCC(CN2Cc3ccc(O)c(F)c3C2=O)CC1)C(=O)O. The van der Waals surface area contributed by atoms with E-state index in [4.69, 9.17) is 5.11 Å². The lowest BCUT2D eigenvalue weighted by Crippen LogP contribution is -2.44. The first-order chi connectivity index (χ1) is 12.8. The van der Waals surface area contributed by atoms with Crippen molar-refractivity contribution in [3.05, 3.63) is 29.1 Å². The molecule has 1 fully saturated rings. The number of rotatable bonds is 6. The van der Waals surface area contributed by atoms with E-state index in [-0.39, 0.29) is 17.5 Å². The summed E-state index contributed by atoms with van der Waals surface area (Å²) in [5.74, 6) is -1.71. The van der Waals surface area contributed by atoms with Crippen LogP contribution in [-0.2, 0) is 11.3 Å². The van der Waals surface area contributed by atoms with Crippen molar-refractivity contribution in [1.29, 1.82) is 0 Å². The normalized spacial score (nSPS) is 24.6. The first-order valence-electron chi connectivity index (χ1n) is 9.56. The molecule has 1 aliphatic carbocycles. The number of nitrogens with zero attached hydrogens (tertiary/aromatic N) is 1. The number of aliphatic carboxylic acids is 1. The molecular weight excluding hydrogens is 351 g/mol. The Morgan fingerprint density at radius 1 is 1.30 bits per heavy atom. The predicted octanol–water partition coefficient (Wildman–Crippen LogP) is 2.74. The van der Waals surface area contributed by atoms with Gasteiger partial charge in [0.1, 0.15) is 6.04 Å². The zero-order valence-corrected chi connectivity index (χ0v) is 15.7. The Morgan fingerprint density at radius 2 is 1.96 bits per heavy atom. The monoisotopic (exact) mass is 378 g/mol. The van der Waals surface area contributed by atoms with Gasteiger partial charge < -0.3 is 20.4 Å². The molecule has 2 unspecified atom stereocenters. The molecule has 2 aliphatic rings. The standard InChI is InChI=1S/C20H27FN2O4/c1-11(22-12(2)20(26)27)14-5-3-13(4-6-14)9-23-10-15-7-8-16(24)18(21)17(15)19(23)25/h7-8,11-14,22,24H,3-6,9-10H2,1-2H3,(H,26,27). The average Bonchev–Trinajstić information content (AvgIpc) is 2.95. The lowest BCUT2D eigenvalue weighted by molar-refractivity contribution is -0.139. The molecule has 0 spiro atoms. The van der Waals surface area contributed by atoms with Crippen LogP contribution in [0.3, 0.4) is 0 Å². The molecule has 1 amide bonds. The van der Waals surface area contributed by atoms with E-state index in [9.17, 15) is 19.1 Å². The highest BCUT2D eigenvalue weighted by Crippen LogP contribution is 2.35. The Balaban J connectivity index is 1.52. The van der Waals surface area contributed by atoms with Crippen LogP contribution in [0, 0.1) is 17.7 Å². The van der Waals surface area contributed by atoms with Gasteiger partial charge >= 0.3 is 5.97 Å². The number of phenols is 1. The lowest BCUT2D eigenvalue weighted by atomic mass is 9.78. The van der Waals surface area contributed by atoms with Crippen molar-refractivity contribution in [3.63, 3.8) is 0 Å². The van der Waals surface area contributed by atoms with Crippen LogP contribution in [0.15, 0.2) is 12.1 Å². The van der Waals surface area contributed by atoms with Crippen molar-refractivity contribution < 1.29 is 24.2 Å². The summed E-state index contributed by atoms with van der Waals surface area (Å²) >= 11 is 0. The van der Waals surface area contributed by atoms with Gasteiger partial charge in [0.25, 0.3) is 5.91 Å². The van der Waals surface area contributed by atoms with Gasteiger partial charge in [-0.25, -0.2) is 4.39 Å². The molecule has 3 N–H and O–H groups in total. The second kappa shape index (κ2) is 7.84. The molecule has 0 aromatic heterocycles. The van der Waals surface area contributed by atoms with E-state index < -0.39 is 23.6 Å². The Bertz CT molecular complexity index is 731. The van der Waals surface area contributed by atoms with Gasteiger partial charge in [-0.3, -0.25) is 9.59 Å². The third kappa shape index (κ3) is 4.08. The molecule has 1 aromatic carbocycles. The van der Waals surface area contributed by atoms with E-state index in [1.165, 1.54) is 6.07 Å². The average molecular weight is 378 g/mol. The number of benzene rings is 1. The van der Waals surface area contributed by atoms with Crippen LogP contribution < -0.4 is 5.32 Å². The number of nitrogens with one attached hydrogen (secondary N) is 1. The molecule has 1 heterocycles. The summed E-state index contributed by atoms with van der Waals surface area (Å²) in [6, 6.07) is 2.47. The fraction of sp³-hybridized carbons (Fsp3) is 0.600. The number of hydrogen-bond acceptors (Lipinski definition) is 4. The third-order valence-electron chi connectivity index (χ3n) is 6.03. The van der Waals surface area contributed by atoms with E-state index in [2.05, 4.69) is 5.32 Å². The minimum atomic E-state index is -0.846. The maximum absolute atomic E-state index is 14.1. The molecule has 1 saturated carbocycles. The van der Waals surface area contributed by atoms with E-state index >= 15 is 0 Å². The van der Waals surface area contributed by atoms with Crippen molar-refractivity contribution in [2.24, 2.45) is 11.8 Å². The lowest BCUT2D eigenvalue weighted by Gasteiger charge is -2.35. The number of halogens is 1. The Labute approximate surface area is 158 Å². The summed E-state index contributed by atoms with van der Waals surface area (Å²) in [5, 5.41) is 21.7. The zero-order chi connectivity index (χ0) is 19.7. The Morgan fingerprint density at radius 3 is 2.59 bits per heavy atom. The number of carbonyl (C=O) groups excluding carboxylic acids is 1. The van der Waals surface area contributed by atoms with Crippen LogP contribution in [0.2, 0.25) is 0 Å². The number of phenolic OH excluding ortho intramolecular Hbond substituents is 1. The smallest absolute Gasteiger partial charge is 0.320 e. The number of hydrogen-bond donors (Lipinski definition) is 3. The summed E-state index contributed by atoms with van der Waals surface area (Å²) in [4.78, 5) is 25.2. The number of fused-ring (bicyclic) bond motifs is 1. The summed E-state index contributed by atoms with van der Waals surface area (Å²) in [7, 11) is 0. The van der Waals surface area contributed by atoms with E-state index in [0.29, 0.717) is 30.5 Å². The quantitative estimate of drug-likeness (QED) is 0.708. The van der Waals surface area contributed by atoms with E-state index in [1.54, 1.807) is 17.9 Å². The number of carboxylic acids is 1. The first kappa shape index (κ1) is 19.6. The van der Waals surface area contributed by atoms with E-state index in [1.807, 2.05) is 6.92 Å². The van der Waals surface area contributed by atoms with Crippen molar-refractivity contribution in [1.82, 2.24) is 10.2 Å². The van der Waals surface area contributed by atoms with Crippen LogP contribution in [0.25, 0.3) is 0 Å². The maximum Gasteiger partial charge on any atom is 0.320 e.